The van der Waals surface area contributed by atoms with E-state index in [0.29, 0.717) is 16.5 Å². The quantitative estimate of drug-likeness (QED) is 0.272. The Balaban J connectivity index is 1.83. The average molecular weight is 510 g/mol. The molecule has 0 saturated carbocycles. The first-order valence-electron chi connectivity index (χ1n) is 8.51. The molecule has 0 amide bonds. The van der Waals surface area contributed by atoms with E-state index in [2.05, 4.69) is 27.6 Å². The third-order valence-electron chi connectivity index (χ3n) is 4.05. The minimum atomic E-state index is -0.286. The number of rotatable bonds is 6. The first-order chi connectivity index (χ1) is 13.5. The summed E-state index contributed by atoms with van der Waals surface area (Å²) < 4.78 is 25.6. The molecule has 3 rings (SSSR count). The Bertz CT molecular complexity index is 1020. The first kappa shape index (κ1) is 20.6. The van der Waals surface area contributed by atoms with Gasteiger partial charge in [0.2, 0.25) is 0 Å². The summed E-state index contributed by atoms with van der Waals surface area (Å²) in [6.45, 7) is 2.23. The van der Waals surface area contributed by atoms with Crippen LogP contribution in [-0.2, 0) is 6.61 Å². The van der Waals surface area contributed by atoms with E-state index in [9.17, 15) is 4.39 Å². The van der Waals surface area contributed by atoms with Crippen molar-refractivity contribution in [2.24, 2.45) is 4.99 Å². The standard InChI is InChI=1S/C22H18ClFINO2/c1-14-6-7-17(23)11-20(14)26-12-16-9-19(25)22(21(10-16)27-2)28-13-15-4-3-5-18(24)8-15/h3-12H,13H2,1-2H3. The van der Waals surface area contributed by atoms with Gasteiger partial charge in [-0.15, -0.1) is 0 Å². The number of aryl methyl sites for hydroxylation is 1. The molecule has 6 heteroatoms. The van der Waals surface area contributed by atoms with E-state index in [0.717, 1.165) is 25.9 Å². The molecule has 0 aromatic heterocycles. The Morgan fingerprint density at radius 3 is 2.71 bits per heavy atom. The van der Waals surface area contributed by atoms with Gasteiger partial charge in [0, 0.05) is 11.2 Å². The highest BCUT2D eigenvalue weighted by molar-refractivity contribution is 14.1. The number of hydrogen-bond donors (Lipinski definition) is 0. The van der Waals surface area contributed by atoms with E-state index in [1.807, 2.05) is 43.3 Å². The number of hydrogen-bond acceptors (Lipinski definition) is 3. The van der Waals surface area contributed by atoms with Crippen LogP contribution >= 0.6 is 34.2 Å². The van der Waals surface area contributed by atoms with Crippen molar-refractivity contribution in [2.75, 3.05) is 7.11 Å². The van der Waals surface area contributed by atoms with Gasteiger partial charge >= 0.3 is 0 Å². The van der Waals surface area contributed by atoms with Gasteiger partial charge in [-0.05, 0) is 82.6 Å². The van der Waals surface area contributed by atoms with Crippen LogP contribution in [0.3, 0.4) is 0 Å². The van der Waals surface area contributed by atoms with Gasteiger partial charge in [0.15, 0.2) is 11.5 Å². The van der Waals surface area contributed by atoms with Crippen LogP contribution in [0.4, 0.5) is 10.1 Å². The molecule has 0 fully saturated rings. The van der Waals surface area contributed by atoms with Gasteiger partial charge < -0.3 is 9.47 Å². The largest absolute Gasteiger partial charge is 0.493 e. The smallest absolute Gasteiger partial charge is 0.174 e. The first-order valence-corrected chi connectivity index (χ1v) is 9.97. The molecule has 0 heterocycles. The maximum Gasteiger partial charge on any atom is 0.174 e. The number of methoxy groups -OCH3 is 1. The monoisotopic (exact) mass is 509 g/mol. The second-order valence-corrected chi connectivity index (χ2v) is 7.74. The number of benzene rings is 3. The molecule has 3 aromatic rings. The molecule has 0 radical (unpaired) electrons. The Morgan fingerprint density at radius 2 is 1.96 bits per heavy atom. The van der Waals surface area contributed by atoms with Gasteiger partial charge in [-0.2, -0.15) is 0 Å². The number of ether oxygens (including phenoxy) is 2. The molecule has 28 heavy (non-hydrogen) atoms. The molecule has 0 atom stereocenters. The molecule has 0 spiro atoms. The lowest BCUT2D eigenvalue weighted by Crippen LogP contribution is -2.01. The molecular formula is C22H18ClFINO2. The van der Waals surface area contributed by atoms with E-state index < -0.39 is 0 Å². The van der Waals surface area contributed by atoms with E-state index in [1.165, 1.54) is 12.1 Å². The average Bonchev–Trinajstić information content (AvgIpc) is 2.67. The minimum absolute atomic E-state index is 0.249. The minimum Gasteiger partial charge on any atom is -0.493 e. The van der Waals surface area contributed by atoms with Crippen LogP contribution in [0.1, 0.15) is 16.7 Å². The van der Waals surface area contributed by atoms with Crippen molar-refractivity contribution in [2.45, 2.75) is 13.5 Å². The topological polar surface area (TPSA) is 30.8 Å². The lowest BCUT2D eigenvalue weighted by Gasteiger charge is -2.13. The van der Waals surface area contributed by atoms with Crippen molar-refractivity contribution in [3.05, 3.63) is 85.7 Å². The molecular weight excluding hydrogens is 492 g/mol. The summed E-state index contributed by atoms with van der Waals surface area (Å²) in [6, 6.07) is 15.7. The zero-order valence-corrected chi connectivity index (χ0v) is 18.3. The van der Waals surface area contributed by atoms with Gasteiger partial charge in [0.05, 0.1) is 16.4 Å². The Morgan fingerprint density at radius 1 is 1.14 bits per heavy atom. The summed E-state index contributed by atoms with van der Waals surface area (Å²) in [5, 5.41) is 0.644. The summed E-state index contributed by atoms with van der Waals surface area (Å²) in [4.78, 5) is 4.54. The van der Waals surface area contributed by atoms with Crippen LogP contribution in [0.15, 0.2) is 59.6 Å². The number of halogens is 3. The summed E-state index contributed by atoms with van der Waals surface area (Å²) in [7, 11) is 1.59. The molecule has 0 unspecified atom stereocenters. The van der Waals surface area contributed by atoms with Gasteiger partial charge in [0.25, 0.3) is 0 Å². The normalized spacial score (nSPS) is 11.0. The Labute approximate surface area is 182 Å². The fourth-order valence-corrected chi connectivity index (χ4v) is 3.55. The number of nitrogens with zero attached hydrogens (tertiary/aromatic N) is 1. The van der Waals surface area contributed by atoms with E-state index in [4.69, 9.17) is 21.1 Å². The van der Waals surface area contributed by atoms with Gasteiger partial charge in [0.1, 0.15) is 12.4 Å². The summed E-state index contributed by atoms with van der Waals surface area (Å²) >= 11 is 8.24. The summed E-state index contributed by atoms with van der Waals surface area (Å²) in [6.07, 6.45) is 1.76. The van der Waals surface area contributed by atoms with E-state index >= 15 is 0 Å². The molecule has 144 valence electrons. The third-order valence-corrected chi connectivity index (χ3v) is 5.08. The van der Waals surface area contributed by atoms with Crippen LogP contribution in [0.25, 0.3) is 0 Å². The van der Waals surface area contributed by atoms with E-state index in [1.54, 1.807) is 19.4 Å². The molecule has 0 aliphatic heterocycles. The second-order valence-electron chi connectivity index (χ2n) is 6.14. The third kappa shape index (κ3) is 5.23. The van der Waals surface area contributed by atoms with Gasteiger partial charge in [-0.25, -0.2) is 4.39 Å². The molecule has 0 bridgehead atoms. The zero-order valence-electron chi connectivity index (χ0n) is 15.4. The Kier molecular flexibility index (Phi) is 6.91. The predicted molar refractivity (Wildman–Crippen MR) is 120 cm³/mol. The fourth-order valence-electron chi connectivity index (χ4n) is 2.60. The molecule has 3 nitrogen and oxygen atoms in total. The highest BCUT2D eigenvalue weighted by Gasteiger charge is 2.12. The van der Waals surface area contributed by atoms with Crippen LogP contribution in [-0.4, -0.2) is 13.3 Å². The van der Waals surface area contributed by atoms with Crippen molar-refractivity contribution in [1.29, 1.82) is 0 Å². The predicted octanol–water partition coefficient (Wildman–Crippen LogP) is 6.73. The van der Waals surface area contributed by atoms with Crippen LogP contribution < -0.4 is 9.47 Å². The summed E-state index contributed by atoms with van der Waals surface area (Å²) in [5.74, 6) is 0.918. The summed E-state index contributed by atoms with van der Waals surface area (Å²) in [5.41, 5.74) is 3.48. The lowest BCUT2D eigenvalue weighted by molar-refractivity contribution is 0.282. The molecule has 3 aromatic carbocycles. The van der Waals surface area contributed by atoms with Crippen molar-refractivity contribution < 1.29 is 13.9 Å². The maximum absolute atomic E-state index is 13.3. The van der Waals surface area contributed by atoms with Gasteiger partial charge in [-0.3, -0.25) is 4.99 Å². The highest BCUT2D eigenvalue weighted by atomic mass is 127. The van der Waals surface area contributed by atoms with Crippen molar-refractivity contribution >= 4 is 46.1 Å². The second kappa shape index (κ2) is 9.39. The van der Waals surface area contributed by atoms with Crippen LogP contribution in [0.2, 0.25) is 5.02 Å². The highest BCUT2D eigenvalue weighted by Crippen LogP contribution is 2.34. The van der Waals surface area contributed by atoms with Crippen molar-refractivity contribution in [3.63, 3.8) is 0 Å². The SMILES string of the molecule is COc1cc(C=Nc2cc(Cl)ccc2C)cc(I)c1OCc1cccc(F)c1. The lowest BCUT2D eigenvalue weighted by atomic mass is 10.2. The molecule has 0 N–H and O–H groups in total. The van der Waals surface area contributed by atoms with Crippen molar-refractivity contribution in [3.8, 4) is 11.5 Å². The zero-order chi connectivity index (χ0) is 20.1. The maximum atomic E-state index is 13.3. The molecule has 0 aliphatic carbocycles. The van der Waals surface area contributed by atoms with E-state index in [-0.39, 0.29) is 12.4 Å². The van der Waals surface area contributed by atoms with Gasteiger partial charge in [-0.1, -0.05) is 29.8 Å². The Hall–Kier alpha value is -2.12. The van der Waals surface area contributed by atoms with Crippen LogP contribution in [0, 0.1) is 16.3 Å². The molecule has 0 aliphatic rings. The van der Waals surface area contributed by atoms with Crippen molar-refractivity contribution in [1.82, 2.24) is 0 Å². The van der Waals surface area contributed by atoms with Crippen LogP contribution in [0.5, 0.6) is 11.5 Å². The molecule has 0 saturated heterocycles. The fraction of sp³-hybridized carbons (Fsp3) is 0.136. The number of aliphatic imine (C=N–C) groups is 1.